The van der Waals surface area contributed by atoms with Gasteiger partial charge in [0.15, 0.2) is 5.82 Å². The normalized spacial score (nSPS) is 24.7. The first-order valence-electron chi connectivity index (χ1n) is 8.03. The zero-order chi connectivity index (χ0) is 15.1. The maximum atomic E-state index is 4.48. The van der Waals surface area contributed by atoms with Gasteiger partial charge in [0.25, 0.3) is 0 Å². The molecule has 0 aliphatic carbocycles. The lowest BCUT2D eigenvalue weighted by atomic mass is 10.0. The number of benzene rings is 1. The van der Waals surface area contributed by atoms with Crippen LogP contribution in [-0.4, -0.2) is 48.3 Å². The van der Waals surface area contributed by atoms with E-state index in [9.17, 15) is 0 Å². The molecule has 2 atom stereocenters. The van der Waals surface area contributed by atoms with Gasteiger partial charge in [0.05, 0.1) is 5.69 Å². The average molecular weight is 294 g/mol. The summed E-state index contributed by atoms with van der Waals surface area (Å²) in [6, 6.07) is 12.6. The van der Waals surface area contributed by atoms with E-state index in [1.165, 1.54) is 18.7 Å². The molecular weight excluding hydrogens is 272 g/mol. The molecule has 2 fully saturated rings. The van der Waals surface area contributed by atoms with Gasteiger partial charge >= 0.3 is 0 Å². The number of aryl methyl sites for hydroxylation is 1. The Kier molecular flexibility index (Phi) is 3.34. The summed E-state index contributed by atoms with van der Waals surface area (Å²) >= 11 is 0. The predicted molar refractivity (Wildman–Crippen MR) is 88.9 cm³/mol. The van der Waals surface area contributed by atoms with Crippen LogP contribution in [0, 0.1) is 18.8 Å². The van der Waals surface area contributed by atoms with Crippen LogP contribution in [0.2, 0.25) is 0 Å². The Morgan fingerprint density at radius 2 is 1.73 bits per heavy atom. The van der Waals surface area contributed by atoms with Crippen LogP contribution in [0.25, 0.3) is 11.3 Å². The molecule has 0 unspecified atom stereocenters. The topological polar surface area (TPSA) is 32.3 Å². The number of nitrogens with zero attached hydrogens (tertiary/aromatic N) is 4. The number of aromatic nitrogens is 2. The molecule has 0 N–H and O–H groups in total. The molecule has 0 radical (unpaired) electrons. The van der Waals surface area contributed by atoms with Crippen LogP contribution in [0.5, 0.6) is 0 Å². The van der Waals surface area contributed by atoms with Crippen LogP contribution in [0.4, 0.5) is 5.82 Å². The third kappa shape index (κ3) is 2.48. The van der Waals surface area contributed by atoms with Gasteiger partial charge in [-0.15, -0.1) is 10.2 Å². The molecule has 0 spiro atoms. The second kappa shape index (κ2) is 5.36. The van der Waals surface area contributed by atoms with E-state index >= 15 is 0 Å². The van der Waals surface area contributed by atoms with Crippen molar-refractivity contribution < 1.29 is 0 Å². The SMILES string of the molecule is Cc1cccc(-c2ccc(N3C[C@H]4CN(C)C[C@H]4C3)nn2)c1. The summed E-state index contributed by atoms with van der Waals surface area (Å²) in [6.07, 6.45) is 0. The van der Waals surface area contributed by atoms with Gasteiger partial charge in [-0.25, -0.2) is 0 Å². The molecule has 114 valence electrons. The summed E-state index contributed by atoms with van der Waals surface area (Å²) in [5.74, 6) is 2.61. The van der Waals surface area contributed by atoms with Crippen LogP contribution in [0.1, 0.15) is 5.56 Å². The highest BCUT2D eigenvalue weighted by atomic mass is 15.3. The molecule has 2 aliphatic heterocycles. The first-order valence-corrected chi connectivity index (χ1v) is 8.03. The van der Waals surface area contributed by atoms with Crippen molar-refractivity contribution in [3.63, 3.8) is 0 Å². The Morgan fingerprint density at radius 3 is 2.36 bits per heavy atom. The highest BCUT2D eigenvalue weighted by molar-refractivity contribution is 5.60. The van der Waals surface area contributed by atoms with Gasteiger partial charge in [-0.05, 0) is 44.0 Å². The van der Waals surface area contributed by atoms with Crippen molar-refractivity contribution in [2.75, 3.05) is 38.1 Å². The number of fused-ring (bicyclic) bond motifs is 1. The van der Waals surface area contributed by atoms with E-state index in [0.29, 0.717) is 0 Å². The van der Waals surface area contributed by atoms with Gasteiger partial charge in [0, 0.05) is 31.7 Å². The van der Waals surface area contributed by atoms with Crippen molar-refractivity contribution >= 4 is 5.82 Å². The first kappa shape index (κ1) is 13.7. The number of anilines is 1. The fourth-order valence-corrected chi connectivity index (χ4v) is 3.87. The summed E-state index contributed by atoms with van der Waals surface area (Å²) in [5, 5.41) is 8.92. The molecule has 4 heteroatoms. The number of hydrogen-bond acceptors (Lipinski definition) is 4. The minimum Gasteiger partial charge on any atom is -0.354 e. The van der Waals surface area contributed by atoms with Crippen molar-refractivity contribution in [2.24, 2.45) is 11.8 Å². The molecule has 22 heavy (non-hydrogen) atoms. The molecule has 0 bridgehead atoms. The van der Waals surface area contributed by atoms with Crippen molar-refractivity contribution in [3.05, 3.63) is 42.0 Å². The Morgan fingerprint density at radius 1 is 0.955 bits per heavy atom. The zero-order valence-corrected chi connectivity index (χ0v) is 13.2. The van der Waals surface area contributed by atoms with Gasteiger partial charge in [0.1, 0.15) is 0 Å². The lowest BCUT2D eigenvalue weighted by Crippen LogP contribution is -2.27. The maximum absolute atomic E-state index is 4.48. The van der Waals surface area contributed by atoms with E-state index in [1.807, 2.05) is 0 Å². The van der Waals surface area contributed by atoms with Crippen LogP contribution in [0.3, 0.4) is 0 Å². The molecule has 1 aromatic heterocycles. The summed E-state index contributed by atoms with van der Waals surface area (Å²) in [4.78, 5) is 4.84. The van der Waals surface area contributed by atoms with Crippen molar-refractivity contribution in [1.29, 1.82) is 0 Å². The van der Waals surface area contributed by atoms with Gasteiger partial charge < -0.3 is 9.80 Å². The molecule has 2 aliphatic rings. The largest absolute Gasteiger partial charge is 0.354 e. The Labute approximate surface area is 131 Å². The smallest absolute Gasteiger partial charge is 0.151 e. The zero-order valence-electron chi connectivity index (χ0n) is 13.2. The third-order valence-corrected chi connectivity index (χ3v) is 4.96. The Bertz CT molecular complexity index is 653. The highest BCUT2D eigenvalue weighted by Crippen LogP contribution is 2.32. The summed E-state index contributed by atoms with van der Waals surface area (Å²) < 4.78 is 0. The molecular formula is C18H22N4. The van der Waals surface area contributed by atoms with E-state index in [4.69, 9.17) is 0 Å². The average Bonchev–Trinajstić information content (AvgIpc) is 3.05. The molecule has 1 aromatic carbocycles. The minimum absolute atomic E-state index is 0.795. The van der Waals surface area contributed by atoms with E-state index in [2.05, 4.69) is 70.4 Å². The van der Waals surface area contributed by atoms with Crippen molar-refractivity contribution in [1.82, 2.24) is 15.1 Å². The summed E-state index contributed by atoms with van der Waals surface area (Å²) in [6.45, 7) is 6.78. The lowest BCUT2D eigenvalue weighted by Gasteiger charge is -2.19. The fourth-order valence-electron chi connectivity index (χ4n) is 3.87. The maximum Gasteiger partial charge on any atom is 0.151 e. The lowest BCUT2D eigenvalue weighted by molar-refractivity contribution is 0.387. The molecule has 0 amide bonds. The van der Waals surface area contributed by atoms with E-state index in [-0.39, 0.29) is 0 Å². The monoisotopic (exact) mass is 294 g/mol. The number of rotatable bonds is 2. The summed E-state index contributed by atoms with van der Waals surface area (Å²) in [7, 11) is 2.22. The van der Waals surface area contributed by atoms with E-state index < -0.39 is 0 Å². The van der Waals surface area contributed by atoms with Gasteiger partial charge in [-0.2, -0.15) is 0 Å². The van der Waals surface area contributed by atoms with Crippen LogP contribution in [0.15, 0.2) is 36.4 Å². The van der Waals surface area contributed by atoms with Crippen LogP contribution >= 0.6 is 0 Å². The van der Waals surface area contributed by atoms with Gasteiger partial charge in [0.2, 0.25) is 0 Å². The Hall–Kier alpha value is -1.94. The fraction of sp³-hybridized carbons (Fsp3) is 0.444. The van der Waals surface area contributed by atoms with Gasteiger partial charge in [-0.3, -0.25) is 0 Å². The number of hydrogen-bond donors (Lipinski definition) is 0. The molecule has 2 saturated heterocycles. The molecule has 4 nitrogen and oxygen atoms in total. The van der Waals surface area contributed by atoms with Crippen LogP contribution in [-0.2, 0) is 0 Å². The first-order chi connectivity index (χ1) is 10.7. The quantitative estimate of drug-likeness (QED) is 0.851. The molecule has 4 rings (SSSR count). The van der Waals surface area contributed by atoms with E-state index in [1.54, 1.807) is 0 Å². The Balaban J connectivity index is 1.51. The third-order valence-electron chi connectivity index (χ3n) is 4.96. The minimum atomic E-state index is 0.795. The standard InChI is InChI=1S/C18H22N4/c1-13-4-3-5-14(8-13)17-6-7-18(20-19-17)22-11-15-9-21(2)10-16(15)12-22/h3-8,15-16H,9-12H2,1-2H3/t15-,16+. The molecule has 3 heterocycles. The van der Waals surface area contributed by atoms with E-state index in [0.717, 1.165) is 42.0 Å². The molecule has 0 saturated carbocycles. The van der Waals surface area contributed by atoms with Gasteiger partial charge in [-0.1, -0.05) is 23.8 Å². The second-order valence-electron chi connectivity index (χ2n) is 6.79. The predicted octanol–water partition coefficient (Wildman–Crippen LogP) is 2.45. The van der Waals surface area contributed by atoms with Crippen molar-refractivity contribution in [3.8, 4) is 11.3 Å². The molecule has 2 aromatic rings. The summed E-state index contributed by atoms with van der Waals surface area (Å²) in [5.41, 5.74) is 3.34. The van der Waals surface area contributed by atoms with Crippen LogP contribution < -0.4 is 4.90 Å². The van der Waals surface area contributed by atoms with Crippen molar-refractivity contribution in [2.45, 2.75) is 6.92 Å². The second-order valence-corrected chi connectivity index (χ2v) is 6.79. The number of likely N-dealkylation sites (tertiary alicyclic amines) is 1. The highest BCUT2D eigenvalue weighted by Gasteiger charge is 2.39.